The molecule has 0 bridgehead atoms. The Bertz CT molecular complexity index is 4190. The molecule has 0 atom stereocenters. The van der Waals surface area contributed by atoms with E-state index in [4.69, 9.17) is 19.7 Å². The van der Waals surface area contributed by atoms with Gasteiger partial charge in [-0.25, -0.2) is 19.6 Å². The minimum absolute atomic E-state index is 0.316. The van der Waals surface area contributed by atoms with Gasteiger partial charge in [-0.2, -0.15) is 10.2 Å². The van der Waals surface area contributed by atoms with Crippen molar-refractivity contribution in [3.05, 3.63) is 288 Å². The number of benzene rings is 12. The van der Waals surface area contributed by atoms with Crippen LogP contribution in [0.3, 0.4) is 0 Å². The number of nitrogens with zero attached hydrogens (tertiary/aromatic N) is 4. The number of esters is 2. The number of hydrogen-bond donors (Lipinski definition) is 0. The standard InChI is InChI=1S/C78H62N4O4/c83-77(61-37-43-71-73(51-61)67-29-15-17-31-69(67)75(71)79-81(63-39-33-53-21-7-11-25-57(53)47-63)64-40-34-54-22-8-12-26-58(54)48-64)85-45-19-5-3-1-2-4-6-20-46-86-78(84)62-38-44-72-74(52-62)68-30-16-18-32-70(68)76(72)80-82(65-41-35-55-23-9-13-27-59(55)49-65)66-42-36-56-24-10-14-28-60(56)50-66/h7-18,21-44,47-52H,1-6,19-20,45-46H2. The molecule has 2 aliphatic carbocycles. The second kappa shape index (κ2) is 24.0. The molecule has 8 heteroatoms. The number of ether oxygens (including phenoxy) is 2. The molecular formula is C78H62N4O4. The lowest BCUT2D eigenvalue weighted by molar-refractivity contribution is 0.0487. The third-order valence-electron chi connectivity index (χ3n) is 16.8. The summed E-state index contributed by atoms with van der Waals surface area (Å²) in [6, 6.07) is 87.7. The summed E-state index contributed by atoms with van der Waals surface area (Å²) in [5.74, 6) is -0.632. The largest absolute Gasteiger partial charge is 0.462 e. The van der Waals surface area contributed by atoms with Gasteiger partial charge in [-0.15, -0.1) is 0 Å². The number of hydrazone groups is 2. The number of carbonyl (C=O) groups excluding carboxylic acids is 2. The van der Waals surface area contributed by atoms with Crippen molar-refractivity contribution in [1.82, 2.24) is 0 Å². The van der Waals surface area contributed by atoms with Gasteiger partial charge in [-0.05, 0) is 151 Å². The van der Waals surface area contributed by atoms with Crippen LogP contribution in [0.15, 0.2) is 265 Å². The lowest BCUT2D eigenvalue weighted by Gasteiger charge is -2.22. The van der Waals surface area contributed by atoms with Crippen molar-refractivity contribution in [2.45, 2.75) is 51.4 Å². The Morgan fingerprint density at radius 2 is 0.547 bits per heavy atom. The van der Waals surface area contributed by atoms with Crippen LogP contribution in [-0.4, -0.2) is 36.6 Å². The predicted octanol–water partition coefficient (Wildman–Crippen LogP) is 19.6. The van der Waals surface area contributed by atoms with E-state index < -0.39 is 0 Å². The first kappa shape index (κ1) is 53.6. The molecule has 12 aromatic rings. The van der Waals surface area contributed by atoms with E-state index in [2.05, 4.69) is 194 Å². The van der Waals surface area contributed by atoms with E-state index in [0.29, 0.717) is 24.3 Å². The van der Waals surface area contributed by atoms with Crippen molar-refractivity contribution in [3.8, 4) is 22.3 Å². The molecule has 14 rings (SSSR count). The summed E-state index contributed by atoms with van der Waals surface area (Å²) >= 11 is 0. The van der Waals surface area contributed by atoms with Crippen molar-refractivity contribution in [1.29, 1.82) is 0 Å². The summed E-state index contributed by atoms with van der Waals surface area (Å²) in [4.78, 5) is 27.1. The molecule has 418 valence electrons. The lowest BCUT2D eigenvalue weighted by atomic mass is 10.0. The number of anilines is 4. The van der Waals surface area contributed by atoms with Crippen molar-refractivity contribution in [2.24, 2.45) is 10.2 Å². The quantitative estimate of drug-likeness (QED) is 0.0456. The Kier molecular flexibility index (Phi) is 15.0. The molecule has 0 aromatic heterocycles. The van der Waals surface area contributed by atoms with Crippen molar-refractivity contribution < 1.29 is 19.1 Å². The van der Waals surface area contributed by atoms with Gasteiger partial charge >= 0.3 is 11.9 Å². The van der Waals surface area contributed by atoms with Gasteiger partial charge in [0.15, 0.2) is 0 Å². The van der Waals surface area contributed by atoms with Gasteiger partial charge in [0, 0.05) is 22.3 Å². The molecule has 0 unspecified atom stereocenters. The van der Waals surface area contributed by atoms with Crippen LogP contribution in [0.1, 0.15) is 94.3 Å². The fourth-order valence-corrected chi connectivity index (χ4v) is 12.3. The first-order chi connectivity index (χ1) is 42.5. The summed E-state index contributed by atoms with van der Waals surface area (Å²) in [5, 5.41) is 24.2. The summed E-state index contributed by atoms with van der Waals surface area (Å²) < 4.78 is 11.7. The number of carbonyl (C=O) groups is 2. The molecule has 8 nitrogen and oxygen atoms in total. The van der Waals surface area contributed by atoms with Crippen molar-refractivity contribution in [3.63, 3.8) is 0 Å². The van der Waals surface area contributed by atoms with Gasteiger partial charge in [0.05, 0.1) is 58.5 Å². The average molecular weight is 1120 g/mol. The number of fused-ring (bicyclic) bond motifs is 10. The maximum absolute atomic E-state index is 13.6. The zero-order chi connectivity index (χ0) is 57.8. The fourth-order valence-electron chi connectivity index (χ4n) is 12.3. The van der Waals surface area contributed by atoms with E-state index >= 15 is 0 Å². The lowest BCUT2D eigenvalue weighted by Crippen LogP contribution is -2.14. The normalized spacial score (nSPS) is 13.0. The zero-order valence-corrected chi connectivity index (χ0v) is 47.7. The third kappa shape index (κ3) is 10.9. The SMILES string of the molecule is O=C(OCCCCCCCCCCOC(=O)c1ccc2c(c1)-c1ccccc1C2=NN(c1ccc2ccccc2c1)c1ccc2ccccc2c1)c1ccc2c(c1)-c1ccccc1C2=NN(c1ccc2ccccc2c1)c1ccc2ccccc2c1. The predicted molar refractivity (Wildman–Crippen MR) is 353 cm³/mol. The summed E-state index contributed by atoms with van der Waals surface area (Å²) in [7, 11) is 0. The molecule has 0 amide bonds. The number of hydrogen-bond acceptors (Lipinski definition) is 8. The summed E-state index contributed by atoms with van der Waals surface area (Å²) in [6.07, 6.45) is 7.93. The van der Waals surface area contributed by atoms with Crippen LogP contribution in [-0.2, 0) is 9.47 Å². The maximum atomic E-state index is 13.6. The van der Waals surface area contributed by atoms with Crippen LogP contribution < -0.4 is 10.0 Å². The van der Waals surface area contributed by atoms with E-state index in [1.54, 1.807) is 0 Å². The zero-order valence-electron chi connectivity index (χ0n) is 47.7. The van der Waals surface area contributed by atoms with E-state index in [9.17, 15) is 9.59 Å². The van der Waals surface area contributed by atoms with Crippen LogP contribution in [0.5, 0.6) is 0 Å². The van der Waals surface area contributed by atoms with E-state index in [1.807, 2.05) is 70.7 Å². The monoisotopic (exact) mass is 1120 g/mol. The molecule has 86 heavy (non-hydrogen) atoms. The highest BCUT2D eigenvalue weighted by Gasteiger charge is 2.30. The highest BCUT2D eigenvalue weighted by atomic mass is 16.5. The smallest absolute Gasteiger partial charge is 0.338 e. The van der Waals surface area contributed by atoms with E-state index in [1.165, 1.54) is 21.5 Å². The minimum atomic E-state index is -0.316. The Balaban J connectivity index is 0.560. The maximum Gasteiger partial charge on any atom is 0.338 e. The first-order valence-electron chi connectivity index (χ1n) is 30.0. The molecule has 2 aliphatic rings. The minimum Gasteiger partial charge on any atom is -0.462 e. The van der Waals surface area contributed by atoms with Crippen molar-refractivity contribution >= 4 is 89.2 Å². The molecule has 0 fully saturated rings. The van der Waals surface area contributed by atoms with Crippen LogP contribution in [0.2, 0.25) is 0 Å². The Morgan fingerprint density at radius 3 is 0.884 bits per heavy atom. The molecule has 0 N–H and O–H groups in total. The number of unbranched alkanes of at least 4 members (excludes halogenated alkanes) is 7. The van der Waals surface area contributed by atoms with E-state index in [-0.39, 0.29) is 11.9 Å². The molecule has 0 aliphatic heterocycles. The molecule has 0 spiro atoms. The second-order valence-corrected chi connectivity index (χ2v) is 22.4. The third-order valence-corrected chi connectivity index (χ3v) is 16.8. The second-order valence-electron chi connectivity index (χ2n) is 22.4. The van der Waals surface area contributed by atoms with Gasteiger partial charge in [0.1, 0.15) is 0 Å². The number of rotatable bonds is 19. The molecule has 0 heterocycles. The molecular weight excluding hydrogens is 1060 g/mol. The van der Waals surface area contributed by atoms with Gasteiger partial charge in [-0.3, -0.25) is 0 Å². The van der Waals surface area contributed by atoms with Gasteiger partial charge in [0.2, 0.25) is 0 Å². The summed E-state index contributed by atoms with van der Waals surface area (Å²) in [6.45, 7) is 0.749. The van der Waals surface area contributed by atoms with Crippen LogP contribution >= 0.6 is 0 Å². The van der Waals surface area contributed by atoms with Crippen LogP contribution in [0.4, 0.5) is 22.7 Å². The Morgan fingerprint density at radius 1 is 0.267 bits per heavy atom. The molecule has 0 radical (unpaired) electrons. The Labute approximate surface area is 500 Å². The topological polar surface area (TPSA) is 83.8 Å². The van der Waals surface area contributed by atoms with E-state index in [0.717, 1.165) is 152 Å². The van der Waals surface area contributed by atoms with Gasteiger partial charge < -0.3 is 9.47 Å². The fraction of sp³-hybridized carbons (Fsp3) is 0.128. The molecule has 0 saturated carbocycles. The first-order valence-corrected chi connectivity index (χ1v) is 30.0. The highest BCUT2D eigenvalue weighted by Crippen LogP contribution is 2.42. The Hall–Kier alpha value is -10.4. The van der Waals surface area contributed by atoms with Gasteiger partial charge in [-0.1, -0.05) is 221 Å². The summed E-state index contributed by atoms with van der Waals surface area (Å²) in [5.41, 5.74) is 14.5. The molecule has 0 saturated heterocycles. The molecule has 12 aromatic carbocycles. The average Bonchev–Trinajstić information content (AvgIpc) is 3.13. The van der Waals surface area contributed by atoms with Crippen LogP contribution in [0, 0.1) is 0 Å². The van der Waals surface area contributed by atoms with Crippen molar-refractivity contribution in [2.75, 3.05) is 23.2 Å². The van der Waals surface area contributed by atoms with Gasteiger partial charge in [0.25, 0.3) is 0 Å². The highest BCUT2D eigenvalue weighted by molar-refractivity contribution is 6.26. The van der Waals surface area contributed by atoms with Crippen LogP contribution in [0.25, 0.3) is 65.3 Å².